The van der Waals surface area contributed by atoms with Gasteiger partial charge in [0, 0.05) is 30.9 Å². The number of likely N-dealkylation sites (tertiary alicyclic amines) is 1. The molecule has 2 aromatic rings. The maximum atomic E-state index is 4.58. The molecule has 2 heterocycles. The van der Waals surface area contributed by atoms with Gasteiger partial charge in [0.1, 0.15) is 0 Å². The smallest absolute Gasteiger partial charge is 0.0906 e. The second-order valence-corrected chi connectivity index (χ2v) is 7.53. The van der Waals surface area contributed by atoms with Gasteiger partial charge < -0.3 is 0 Å². The van der Waals surface area contributed by atoms with Crippen LogP contribution in [-0.4, -0.2) is 35.4 Å². The summed E-state index contributed by atoms with van der Waals surface area (Å²) >= 11 is 0. The zero-order valence-electron chi connectivity index (χ0n) is 20.3. The van der Waals surface area contributed by atoms with E-state index in [0.29, 0.717) is 6.42 Å². The van der Waals surface area contributed by atoms with Crippen molar-refractivity contribution in [2.45, 2.75) is 46.6 Å². The molecular weight excluding hydrogens is 406 g/mol. The summed E-state index contributed by atoms with van der Waals surface area (Å²) < 4.78 is 0. The van der Waals surface area contributed by atoms with Crippen molar-refractivity contribution in [2.75, 3.05) is 13.1 Å². The van der Waals surface area contributed by atoms with Gasteiger partial charge in [-0.25, -0.2) is 0 Å². The average Bonchev–Trinajstić information content (AvgIpc) is 3.38. The number of aliphatic imine (C=N–C) groups is 1. The molecule has 0 amide bonds. The lowest BCUT2D eigenvalue weighted by Crippen LogP contribution is -2.18. The van der Waals surface area contributed by atoms with Gasteiger partial charge in [0.25, 0.3) is 0 Å². The first-order chi connectivity index (χ1) is 16.2. The molecule has 1 aromatic carbocycles. The number of nitrogens with one attached hydrogen (secondary N) is 1. The molecule has 0 radical (unpaired) electrons. The van der Waals surface area contributed by atoms with Crippen molar-refractivity contribution in [1.29, 1.82) is 0 Å². The number of pyridine rings is 1. The second kappa shape index (κ2) is 14.7. The standard InChI is InChI=1S/C26H31N5.C2H6/c1-4-6-9-24(27-3)26(30-29-5-2)19-22-14-15-28-25(18-22)23-12-10-21(11-13-23)20-31-16-7-8-17-31;1-2/h4-6,9-15,18,29H,2-3,7-8,16-17,19-20H2,1H3;1-2H3/b6-4-,24-9-,30-26+;. The van der Waals surface area contributed by atoms with Crippen molar-refractivity contribution in [1.82, 2.24) is 15.3 Å². The molecule has 1 aromatic heterocycles. The van der Waals surface area contributed by atoms with Crippen molar-refractivity contribution in [3.63, 3.8) is 0 Å². The molecule has 1 N–H and O–H groups in total. The fourth-order valence-electron chi connectivity index (χ4n) is 3.65. The van der Waals surface area contributed by atoms with Crippen molar-refractivity contribution >= 4 is 12.4 Å². The van der Waals surface area contributed by atoms with E-state index in [1.807, 2.05) is 51.3 Å². The van der Waals surface area contributed by atoms with E-state index in [1.54, 1.807) is 0 Å². The Balaban J connectivity index is 0.00000187. The third-order valence-electron chi connectivity index (χ3n) is 5.25. The summed E-state index contributed by atoms with van der Waals surface area (Å²) in [4.78, 5) is 11.2. The van der Waals surface area contributed by atoms with Crippen LogP contribution < -0.4 is 5.43 Å². The molecule has 0 unspecified atom stereocenters. The first kappa shape index (κ1) is 25.9. The van der Waals surface area contributed by atoms with Crippen LogP contribution in [-0.2, 0) is 13.0 Å². The molecule has 0 aliphatic carbocycles. The van der Waals surface area contributed by atoms with Crippen LogP contribution in [0.3, 0.4) is 0 Å². The number of nitrogens with zero attached hydrogens (tertiary/aromatic N) is 4. The summed E-state index contributed by atoms with van der Waals surface area (Å²) in [6, 6.07) is 12.9. The predicted octanol–water partition coefficient (Wildman–Crippen LogP) is 6.16. The molecule has 1 aliphatic heterocycles. The van der Waals surface area contributed by atoms with Gasteiger partial charge in [-0.05, 0) is 68.9 Å². The van der Waals surface area contributed by atoms with Gasteiger partial charge in [0.2, 0.25) is 0 Å². The molecule has 0 saturated carbocycles. The van der Waals surface area contributed by atoms with E-state index >= 15 is 0 Å². The minimum absolute atomic E-state index is 0.603. The quantitative estimate of drug-likeness (QED) is 0.272. The van der Waals surface area contributed by atoms with Gasteiger partial charge in [-0.1, -0.05) is 56.8 Å². The van der Waals surface area contributed by atoms with E-state index in [2.05, 4.69) is 69.0 Å². The second-order valence-electron chi connectivity index (χ2n) is 7.53. The summed E-state index contributed by atoms with van der Waals surface area (Å²) in [5.74, 6) is 0. The highest BCUT2D eigenvalue weighted by Crippen LogP contribution is 2.21. The number of allylic oxidation sites excluding steroid dienone is 4. The Hall–Kier alpha value is -3.31. The zero-order valence-corrected chi connectivity index (χ0v) is 20.3. The van der Waals surface area contributed by atoms with E-state index in [-0.39, 0.29) is 0 Å². The van der Waals surface area contributed by atoms with E-state index in [9.17, 15) is 0 Å². The number of benzene rings is 1. The van der Waals surface area contributed by atoms with Crippen LogP contribution >= 0.6 is 0 Å². The Labute approximate surface area is 199 Å². The third-order valence-corrected chi connectivity index (χ3v) is 5.25. The van der Waals surface area contributed by atoms with Gasteiger partial charge in [-0.2, -0.15) is 5.10 Å². The SMILES string of the molecule is C=CN/N=C(Cc1ccnc(-c2ccc(CN3CCCC3)cc2)c1)/C(=C/C=C\C)N=C.CC. The van der Waals surface area contributed by atoms with Crippen molar-refractivity contribution < 1.29 is 0 Å². The Morgan fingerprint density at radius 2 is 1.85 bits per heavy atom. The van der Waals surface area contributed by atoms with Crippen molar-refractivity contribution in [3.05, 3.63) is 90.4 Å². The van der Waals surface area contributed by atoms with Gasteiger partial charge in [0.15, 0.2) is 0 Å². The monoisotopic (exact) mass is 443 g/mol. The van der Waals surface area contributed by atoms with E-state index in [0.717, 1.165) is 34.8 Å². The Kier molecular flexibility index (Phi) is 11.6. The molecular formula is C28H37N5. The number of hydrogen-bond donors (Lipinski definition) is 1. The van der Waals surface area contributed by atoms with Gasteiger partial charge in [0.05, 0.1) is 17.1 Å². The molecule has 3 rings (SSSR count). The van der Waals surface area contributed by atoms with Gasteiger partial charge >= 0.3 is 0 Å². The molecule has 1 fully saturated rings. The molecule has 1 aliphatic rings. The molecule has 5 nitrogen and oxygen atoms in total. The van der Waals surface area contributed by atoms with Crippen LogP contribution in [0.5, 0.6) is 0 Å². The Bertz CT molecular complexity index is 964. The number of rotatable bonds is 10. The molecule has 0 bridgehead atoms. The van der Waals surface area contributed by atoms with E-state index in [1.165, 1.54) is 37.7 Å². The Morgan fingerprint density at radius 1 is 1.12 bits per heavy atom. The molecule has 1 saturated heterocycles. The summed E-state index contributed by atoms with van der Waals surface area (Å²) in [5, 5.41) is 4.41. The summed E-state index contributed by atoms with van der Waals surface area (Å²) in [5.41, 5.74) is 8.84. The molecule has 0 spiro atoms. The molecule has 174 valence electrons. The van der Waals surface area contributed by atoms with Crippen LogP contribution in [0.4, 0.5) is 0 Å². The van der Waals surface area contributed by atoms with Crippen LogP contribution in [0, 0.1) is 0 Å². The van der Waals surface area contributed by atoms with Crippen LogP contribution in [0.1, 0.15) is 44.7 Å². The lowest BCUT2D eigenvalue weighted by Gasteiger charge is -2.14. The van der Waals surface area contributed by atoms with Crippen molar-refractivity contribution in [2.24, 2.45) is 10.1 Å². The average molecular weight is 444 g/mol. The van der Waals surface area contributed by atoms with Gasteiger partial charge in [-0.15, -0.1) is 0 Å². The van der Waals surface area contributed by atoms with Crippen LogP contribution in [0.2, 0.25) is 0 Å². The fraction of sp³-hybridized carbons (Fsp3) is 0.321. The van der Waals surface area contributed by atoms with E-state index < -0.39 is 0 Å². The number of hydrogen-bond acceptors (Lipinski definition) is 5. The minimum Gasteiger partial charge on any atom is -0.299 e. The number of aromatic nitrogens is 1. The summed E-state index contributed by atoms with van der Waals surface area (Å²) in [6.07, 6.45) is 12.4. The van der Waals surface area contributed by atoms with E-state index in [4.69, 9.17) is 0 Å². The number of hydrazone groups is 1. The van der Waals surface area contributed by atoms with Gasteiger partial charge in [-0.3, -0.25) is 20.3 Å². The van der Waals surface area contributed by atoms with Crippen molar-refractivity contribution in [3.8, 4) is 11.3 Å². The fourth-order valence-corrected chi connectivity index (χ4v) is 3.65. The molecule has 5 heteroatoms. The topological polar surface area (TPSA) is 52.9 Å². The highest BCUT2D eigenvalue weighted by Gasteiger charge is 2.12. The molecule has 33 heavy (non-hydrogen) atoms. The van der Waals surface area contributed by atoms with Crippen LogP contribution in [0.25, 0.3) is 11.3 Å². The van der Waals surface area contributed by atoms with Crippen LogP contribution in [0.15, 0.2) is 89.4 Å². The normalized spacial score (nSPS) is 14.6. The first-order valence-corrected chi connectivity index (χ1v) is 11.7. The first-order valence-electron chi connectivity index (χ1n) is 11.7. The lowest BCUT2D eigenvalue weighted by atomic mass is 10.0. The summed E-state index contributed by atoms with van der Waals surface area (Å²) in [6.45, 7) is 16.8. The maximum Gasteiger partial charge on any atom is 0.0906 e. The lowest BCUT2D eigenvalue weighted by molar-refractivity contribution is 0.331. The highest BCUT2D eigenvalue weighted by atomic mass is 15.3. The predicted molar refractivity (Wildman–Crippen MR) is 142 cm³/mol. The maximum absolute atomic E-state index is 4.58. The molecule has 0 atom stereocenters. The zero-order chi connectivity index (χ0) is 23.9. The Morgan fingerprint density at radius 3 is 2.48 bits per heavy atom. The highest BCUT2D eigenvalue weighted by molar-refractivity contribution is 6.01. The third kappa shape index (κ3) is 8.28. The summed E-state index contributed by atoms with van der Waals surface area (Å²) in [7, 11) is 0. The largest absolute Gasteiger partial charge is 0.299 e. The minimum atomic E-state index is 0.603.